The molecule has 0 unspecified atom stereocenters. The van der Waals surface area contributed by atoms with Gasteiger partial charge in [-0.3, -0.25) is 0 Å². The second-order valence-electron chi connectivity index (χ2n) is 4.86. The SMILES string of the molecule is Cl.NS(=O)(=O)C1(CN2CCC(F)(F)CC2)CC1. The molecule has 1 saturated heterocycles. The van der Waals surface area contributed by atoms with Crippen LogP contribution >= 0.6 is 12.4 Å². The van der Waals surface area contributed by atoms with E-state index in [1.165, 1.54) is 0 Å². The van der Waals surface area contributed by atoms with Gasteiger partial charge in [0.05, 0.1) is 4.75 Å². The van der Waals surface area contributed by atoms with E-state index >= 15 is 0 Å². The maximum atomic E-state index is 12.9. The van der Waals surface area contributed by atoms with Gasteiger partial charge < -0.3 is 4.90 Å². The molecule has 0 aromatic rings. The Balaban J connectivity index is 0.00000144. The highest BCUT2D eigenvalue weighted by Crippen LogP contribution is 2.43. The molecule has 1 saturated carbocycles. The summed E-state index contributed by atoms with van der Waals surface area (Å²) in [5, 5.41) is 5.14. The Morgan fingerprint density at radius 1 is 1.12 bits per heavy atom. The summed E-state index contributed by atoms with van der Waals surface area (Å²) in [6, 6.07) is 0. The van der Waals surface area contributed by atoms with E-state index in [2.05, 4.69) is 0 Å². The monoisotopic (exact) mass is 290 g/mol. The number of halogens is 3. The van der Waals surface area contributed by atoms with Crippen LogP contribution in [0.3, 0.4) is 0 Å². The van der Waals surface area contributed by atoms with Crippen molar-refractivity contribution in [3.63, 3.8) is 0 Å². The molecule has 17 heavy (non-hydrogen) atoms. The number of nitrogens with two attached hydrogens (primary N) is 1. The van der Waals surface area contributed by atoms with E-state index in [9.17, 15) is 17.2 Å². The average Bonchev–Trinajstić information content (AvgIpc) is 2.89. The van der Waals surface area contributed by atoms with Crippen molar-refractivity contribution in [1.82, 2.24) is 4.90 Å². The number of hydrogen-bond donors (Lipinski definition) is 1. The molecule has 0 bridgehead atoms. The zero-order valence-electron chi connectivity index (χ0n) is 9.36. The van der Waals surface area contributed by atoms with Crippen LogP contribution in [0.5, 0.6) is 0 Å². The van der Waals surface area contributed by atoms with Crippen LogP contribution in [0.4, 0.5) is 8.78 Å². The zero-order chi connectivity index (χ0) is 12.0. The van der Waals surface area contributed by atoms with Gasteiger partial charge in [-0.2, -0.15) is 0 Å². The second kappa shape index (κ2) is 4.60. The summed E-state index contributed by atoms with van der Waals surface area (Å²) >= 11 is 0. The van der Waals surface area contributed by atoms with Crippen LogP contribution in [-0.2, 0) is 10.0 Å². The Kier molecular flexibility index (Phi) is 4.08. The molecule has 1 aliphatic heterocycles. The number of sulfonamides is 1. The maximum absolute atomic E-state index is 12.9. The summed E-state index contributed by atoms with van der Waals surface area (Å²) in [7, 11) is -3.55. The number of nitrogens with zero attached hydrogens (tertiary/aromatic N) is 1. The Hall–Kier alpha value is 0.0200. The molecule has 2 aliphatic rings. The number of likely N-dealkylation sites (tertiary alicyclic amines) is 1. The van der Waals surface area contributed by atoms with Crippen molar-refractivity contribution in [3.05, 3.63) is 0 Å². The van der Waals surface area contributed by atoms with E-state index in [-0.39, 0.29) is 38.3 Å². The lowest BCUT2D eigenvalue weighted by molar-refractivity contribution is -0.0552. The van der Waals surface area contributed by atoms with Crippen molar-refractivity contribution in [2.24, 2.45) is 5.14 Å². The van der Waals surface area contributed by atoms with Gasteiger partial charge in [0.15, 0.2) is 0 Å². The third-order valence-corrected chi connectivity index (χ3v) is 5.26. The van der Waals surface area contributed by atoms with Crippen molar-refractivity contribution >= 4 is 22.4 Å². The molecular weight excluding hydrogens is 274 g/mol. The van der Waals surface area contributed by atoms with Gasteiger partial charge in [0.25, 0.3) is 5.92 Å². The number of hydrogen-bond acceptors (Lipinski definition) is 3. The van der Waals surface area contributed by atoms with E-state index in [1.54, 1.807) is 4.90 Å². The third-order valence-electron chi connectivity index (χ3n) is 3.51. The number of rotatable bonds is 3. The highest BCUT2D eigenvalue weighted by Gasteiger charge is 2.54. The fourth-order valence-corrected chi connectivity index (χ4v) is 3.15. The fourth-order valence-electron chi connectivity index (χ4n) is 2.12. The lowest BCUT2D eigenvalue weighted by Gasteiger charge is -2.33. The lowest BCUT2D eigenvalue weighted by atomic mass is 10.1. The highest BCUT2D eigenvalue weighted by molar-refractivity contribution is 7.90. The largest absolute Gasteiger partial charge is 0.301 e. The zero-order valence-corrected chi connectivity index (χ0v) is 11.0. The number of alkyl halides is 2. The molecule has 0 amide bonds. The number of primary sulfonamides is 1. The summed E-state index contributed by atoms with van der Waals surface area (Å²) in [6.45, 7) is 0.816. The van der Waals surface area contributed by atoms with E-state index in [1.807, 2.05) is 0 Å². The highest BCUT2D eigenvalue weighted by atomic mass is 35.5. The van der Waals surface area contributed by atoms with Crippen LogP contribution in [0.15, 0.2) is 0 Å². The molecule has 2 rings (SSSR count). The van der Waals surface area contributed by atoms with E-state index in [4.69, 9.17) is 5.14 Å². The van der Waals surface area contributed by atoms with Gasteiger partial charge in [0.2, 0.25) is 10.0 Å². The van der Waals surface area contributed by atoms with Gasteiger partial charge in [-0.05, 0) is 12.8 Å². The first-order chi connectivity index (χ1) is 7.24. The summed E-state index contributed by atoms with van der Waals surface area (Å²) in [5.41, 5.74) is 0. The minimum Gasteiger partial charge on any atom is -0.301 e. The van der Waals surface area contributed by atoms with Crippen molar-refractivity contribution < 1.29 is 17.2 Å². The predicted octanol–water partition coefficient (Wildman–Crippen LogP) is 0.960. The standard InChI is InChI=1S/C9H16F2N2O2S.ClH/c10-9(11)3-5-13(6-4-9)7-8(1-2-8)16(12,14)15;/h1-7H2,(H2,12,14,15);1H. The van der Waals surface area contributed by atoms with Crippen LogP contribution in [0.1, 0.15) is 25.7 Å². The summed E-state index contributed by atoms with van der Waals surface area (Å²) in [5.74, 6) is -2.59. The summed E-state index contributed by atoms with van der Waals surface area (Å²) < 4.78 is 47.6. The first-order valence-electron chi connectivity index (χ1n) is 5.37. The van der Waals surface area contributed by atoms with Gasteiger partial charge in [-0.1, -0.05) is 0 Å². The van der Waals surface area contributed by atoms with Crippen LogP contribution < -0.4 is 5.14 Å². The number of piperidine rings is 1. The predicted molar refractivity (Wildman–Crippen MR) is 62.9 cm³/mol. The van der Waals surface area contributed by atoms with Gasteiger partial charge in [0.1, 0.15) is 0 Å². The normalized spacial score (nSPS) is 27.2. The van der Waals surface area contributed by atoms with Gasteiger partial charge in [-0.25, -0.2) is 22.3 Å². The molecule has 1 aliphatic carbocycles. The molecule has 1 heterocycles. The van der Waals surface area contributed by atoms with Crippen molar-refractivity contribution in [3.8, 4) is 0 Å². The smallest absolute Gasteiger partial charge is 0.250 e. The van der Waals surface area contributed by atoms with Crippen LogP contribution in [0.25, 0.3) is 0 Å². The Labute approximate surface area is 106 Å². The molecule has 4 nitrogen and oxygen atoms in total. The molecule has 0 aromatic heterocycles. The van der Waals surface area contributed by atoms with E-state index in [0.29, 0.717) is 19.4 Å². The minimum absolute atomic E-state index is 0. The van der Waals surface area contributed by atoms with E-state index < -0.39 is 20.7 Å². The summed E-state index contributed by atoms with van der Waals surface area (Å²) in [4.78, 5) is 1.79. The first-order valence-corrected chi connectivity index (χ1v) is 6.91. The molecule has 0 spiro atoms. The van der Waals surface area contributed by atoms with Crippen molar-refractivity contribution in [2.45, 2.75) is 36.4 Å². The quantitative estimate of drug-likeness (QED) is 0.842. The van der Waals surface area contributed by atoms with Crippen LogP contribution in [0.2, 0.25) is 0 Å². The molecule has 2 N–H and O–H groups in total. The average molecular weight is 291 g/mol. The minimum atomic E-state index is -3.55. The second-order valence-corrected chi connectivity index (χ2v) is 6.82. The topological polar surface area (TPSA) is 63.4 Å². The molecule has 8 heteroatoms. The third kappa shape index (κ3) is 3.27. The Bertz CT molecular complexity index is 374. The lowest BCUT2D eigenvalue weighted by Crippen LogP contribution is -2.47. The van der Waals surface area contributed by atoms with Gasteiger partial charge in [-0.15, -0.1) is 12.4 Å². The molecule has 0 radical (unpaired) electrons. The molecule has 0 aromatic carbocycles. The van der Waals surface area contributed by atoms with Crippen LogP contribution in [-0.4, -0.2) is 43.6 Å². The van der Waals surface area contributed by atoms with Crippen molar-refractivity contribution in [1.29, 1.82) is 0 Å². The molecule has 0 atom stereocenters. The van der Waals surface area contributed by atoms with Gasteiger partial charge in [0, 0.05) is 32.5 Å². The summed E-state index contributed by atoms with van der Waals surface area (Å²) in [6.07, 6.45) is 0.735. The molecular formula is C9H17ClF2N2O2S. The fraction of sp³-hybridized carbons (Fsp3) is 1.00. The first kappa shape index (κ1) is 15.1. The van der Waals surface area contributed by atoms with Crippen LogP contribution in [0, 0.1) is 0 Å². The Morgan fingerprint density at radius 3 is 1.94 bits per heavy atom. The maximum Gasteiger partial charge on any atom is 0.250 e. The Morgan fingerprint density at radius 2 is 1.59 bits per heavy atom. The van der Waals surface area contributed by atoms with Crippen molar-refractivity contribution in [2.75, 3.05) is 19.6 Å². The van der Waals surface area contributed by atoms with Gasteiger partial charge >= 0.3 is 0 Å². The molecule has 2 fully saturated rings. The van der Waals surface area contributed by atoms with E-state index in [0.717, 1.165) is 0 Å². The molecule has 102 valence electrons.